The number of nitrogens with one attached hydrogen (secondary N) is 1. The van der Waals surface area contributed by atoms with Crippen molar-refractivity contribution in [2.45, 2.75) is 33.2 Å². The summed E-state index contributed by atoms with van der Waals surface area (Å²) in [5, 5.41) is 3.13. The topological polar surface area (TPSA) is 50.2 Å². The molecule has 0 spiro atoms. The number of hydrogen-bond donors (Lipinski definition) is 1. The Morgan fingerprint density at radius 2 is 2.20 bits per heavy atom. The van der Waals surface area contributed by atoms with Crippen molar-refractivity contribution in [3.8, 4) is 0 Å². The van der Waals surface area contributed by atoms with E-state index in [9.17, 15) is 4.79 Å². The van der Waals surface area contributed by atoms with Crippen LogP contribution < -0.4 is 5.32 Å². The number of hydrogen-bond acceptors (Lipinski definition) is 3. The first-order valence-electron chi connectivity index (χ1n) is 9.07. The summed E-state index contributed by atoms with van der Waals surface area (Å²) in [7, 11) is 2.04. The summed E-state index contributed by atoms with van der Waals surface area (Å²) in [6.07, 6.45) is 6.18. The van der Waals surface area contributed by atoms with Crippen LogP contribution in [-0.2, 0) is 13.6 Å². The minimum atomic E-state index is 0.0405. The van der Waals surface area contributed by atoms with Crippen LogP contribution in [0.1, 0.15) is 40.2 Å². The summed E-state index contributed by atoms with van der Waals surface area (Å²) < 4.78 is 2.07. The van der Waals surface area contributed by atoms with Crippen molar-refractivity contribution in [1.29, 1.82) is 0 Å². The molecule has 0 unspecified atom stereocenters. The van der Waals surface area contributed by atoms with Crippen molar-refractivity contribution in [2.24, 2.45) is 13.0 Å². The number of aromatic nitrogens is 2. The molecule has 1 fully saturated rings. The zero-order valence-electron chi connectivity index (χ0n) is 15.5. The summed E-state index contributed by atoms with van der Waals surface area (Å²) in [4.78, 5) is 19.3. The molecule has 1 atom stereocenters. The van der Waals surface area contributed by atoms with Crippen molar-refractivity contribution >= 4 is 5.91 Å². The van der Waals surface area contributed by atoms with Gasteiger partial charge in [-0.05, 0) is 50.8 Å². The lowest BCUT2D eigenvalue weighted by molar-refractivity contribution is 0.0929. The van der Waals surface area contributed by atoms with E-state index in [-0.39, 0.29) is 5.91 Å². The Kier molecular flexibility index (Phi) is 5.53. The van der Waals surface area contributed by atoms with E-state index in [0.29, 0.717) is 5.92 Å². The lowest BCUT2D eigenvalue weighted by Gasteiger charge is -2.32. The van der Waals surface area contributed by atoms with Crippen molar-refractivity contribution in [3.05, 3.63) is 53.1 Å². The van der Waals surface area contributed by atoms with Gasteiger partial charge in [0.05, 0.1) is 6.54 Å². The molecule has 1 aromatic carbocycles. The first-order chi connectivity index (χ1) is 12.0. The van der Waals surface area contributed by atoms with Crippen LogP contribution in [0.15, 0.2) is 30.6 Å². The second kappa shape index (κ2) is 7.83. The van der Waals surface area contributed by atoms with Crippen molar-refractivity contribution in [1.82, 2.24) is 19.8 Å². The van der Waals surface area contributed by atoms with Crippen LogP contribution in [0.25, 0.3) is 0 Å². The van der Waals surface area contributed by atoms with Gasteiger partial charge in [-0.1, -0.05) is 17.7 Å². The van der Waals surface area contributed by atoms with Crippen LogP contribution in [0, 0.1) is 19.8 Å². The maximum absolute atomic E-state index is 12.5. The molecular formula is C20H28N4O. The Morgan fingerprint density at radius 3 is 2.92 bits per heavy atom. The fraction of sp³-hybridized carbons (Fsp3) is 0.500. The van der Waals surface area contributed by atoms with Gasteiger partial charge in [0.2, 0.25) is 0 Å². The number of likely N-dealkylation sites (tertiary alicyclic amines) is 1. The first kappa shape index (κ1) is 17.7. The molecule has 25 heavy (non-hydrogen) atoms. The van der Waals surface area contributed by atoms with Crippen LogP contribution in [0.3, 0.4) is 0 Å². The number of carbonyl (C=O) groups excluding carboxylic acids is 1. The first-order valence-corrected chi connectivity index (χ1v) is 9.07. The van der Waals surface area contributed by atoms with Crippen molar-refractivity contribution in [2.75, 3.05) is 19.6 Å². The standard InChI is InChI=1S/C20H28N4O/c1-15-6-7-18(16(2)11-15)20(25)22-12-17-5-4-9-24(13-17)14-19-21-8-10-23(19)3/h6-8,10-11,17H,4-5,9,12-14H2,1-3H3,(H,22,25)/t17-/m1/s1. The molecule has 5 heteroatoms. The van der Waals surface area contributed by atoms with Crippen LogP contribution in [0.4, 0.5) is 0 Å². The van der Waals surface area contributed by atoms with Crippen molar-refractivity contribution in [3.63, 3.8) is 0 Å². The third-order valence-corrected chi connectivity index (χ3v) is 5.07. The van der Waals surface area contributed by atoms with Crippen LogP contribution >= 0.6 is 0 Å². The molecule has 5 nitrogen and oxygen atoms in total. The molecule has 2 aromatic rings. The monoisotopic (exact) mass is 340 g/mol. The molecule has 0 aliphatic carbocycles. The molecule has 0 bridgehead atoms. The number of aryl methyl sites for hydroxylation is 3. The summed E-state index contributed by atoms with van der Waals surface area (Å²) in [6.45, 7) is 7.78. The highest BCUT2D eigenvalue weighted by molar-refractivity contribution is 5.95. The molecule has 1 amide bonds. The normalized spacial score (nSPS) is 18.3. The maximum atomic E-state index is 12.5. The van der Waals surface area contributed by atoms with Crippen LogP contribution in [-0.4, -0.2) is 40.0 Å². The third kappa shape index (κ3) is 4.48. The average molecular weight is 340 g/mol. The predicted octanol–water partition coefficient (Wildman–Crippen LogP) is 2.68. The lowest BCUT2D eigenvalue weighted by Crippen LogP contribution is -2.41. The Labute approximate surface area is 150 Å². The van der Waals surface area contributed by atoms with Gasteiger partial charge >= 0.3 is 0 Å². The number of imidazole rings is 1. The summed E-state index contributed by atoms with van der Waals surface area (Å²) in [5.41, 5.74) is 3.01. The Morgan fingerprint density at radius 1 is 1.36 bits per heavy atom. The summed E-state index contributed by atoms with van der Waals surface area (Å²) in [5.74, 6) is 1.64. The van der Waals surface area contributed by atoms with Gasteiger partial charge < -0.3 is 9.88 Å². The minimum absolute atomic E-state index is 0.0405. The molecule has 2 heterocycles. The van der Waals surface area contributed by atoms with Crippen LogP contribution in [0.2, 0.25) is 0 Å². The molecule has 0 saturated carbocycles. The SMILES string of the molecule is Cc1ccc(C(=O)NC[C@H]2CCCN(Cc3nccn3C)C2)c(C)c1. The molecule has 3 rings (SSSR count). The molecular weight excluding hydrogens is 312 g/mol. The van der Waals surface area contributed by atoms with E-state index < -0.39 is 0 Å². The zero-order valence-corrected chi connectivity index (χ0v) is 15.5. The van der Waals surface area contributed by atoms with E-state index in [4.69, 9.17) is 0 Å². The second-order valence-corrected chi connectivity index (χ2v) is 7.23. The van der Waals surface area contributed by atoms with Gasteiger partial charge in [0, 0.05) is 38.1 Å². The summed E-state index contributed by atoms with van der Waals surface area (Å²) in [6, 6.07) is 5.98. The zero-order chi connectivity index (χ0) is 17.8. The Bertz CT molecular complexity index is 737. The largest absolute Gasteiger partial charge is 0.352 e. The highest BCUT2D eigenvalue weighted by atomic mass is 16.1. The van der Waals surface area contributed by atoms with E-state index in [0.717, 1.165) is 43.1 Å². The lowest BCUT2D eigenvalue weighted by atomic mass is 9.97. The third-order valence-electron chi connectivity index (χ3n) is 5.07. The number of rotatable bonds is 5. The summed E-state index contributed by atoms with van der Waals surface area (Å²) >= 11 is 0. The van der Waals surface area contributed by atoms with E-state index in [1.165, 1.54) is 18.4 Å². The molecule has 1 aliphatic heterocycles. The smallest absolute Gasteiger partial charge is 0.251 e. The van der Waals surface area contributed by atoms with Gasteiger partial charge in [-0.15, -0.1) is 0 Å². The molecule has 1 aliphatic rings. The van der Waals surface area contributed by atoms with Gasteiger partial charge in [0.25, 0.3) is 5.91 Å². The van der Waals surface area contributed by atoms with Gasteiger partial charge in [-0.3, -0.25) is 9.69 Å². The number of piperidine rings is 1. The quantitative estimate of drug-likeness (QED) is 0.910. The van der Waals surface area contributed by atoms with E-state index in [2.05, 4.69) is 25.8 Å². The van der Waals surface area contributed by atoms with E-state index in [1.54, 1.807) is 0 Å². The van der Waals surface area contributed by atoms with E-state index >= 15 is 0 Å². The number of carbonyl (C=O) groups is 1. The fourth-order valence-corrected chi connectivity index (χ4v) is 3.61. The van der Waals surface area contributed by atoms with Gasteiger partial charge in [-0.25, -0.2) is 4.98 Å². The highest BCUT2D eigenvalue weighted by Gasteiger charge is 2.21. The van der Waals surface area contributed by atoms with E-state index in [1.807, 2.05) is 45.4 Å². The van der Waals surface area contributed by atoms with Crippen LogP contribution in [0.5, 0.6) is 0 Å². The molecule has 1 N–H and O–H groups in total. The van der Waals surface area contributed by atoms with Gasteiger partial charge in [-0.2, -0.15) is 0 Å². The minimum Gasteiger partial charge on any atom is -0.352 e. The molecule has 1 saturated heterocycles. The highest BCUT2D eigenvalue weighted by Crippen LogP contribution is 2.18. The van der Waals surface area contributed by atoms with Gasteiger partial charge in [0.1, 0.15) is 5.82 Å². The predicted molar refractivity (Wildman–Crippen MR) is 99.5 cm³/mol. The average Bonchev–Trinajstić information content (AvgIpc) is 2.98. The molecule has 1 aromatic heterocycles. The molecule has 0 radical (unpaired) electrons. The number of amides is 1. The second-order valence-electron chi connectivity index (χ2n) is 7.23. The number of nitrogens with zero attached hydrogens (tertiary/aromatic N) is 3. The maximum Gasteiger partial charge on any atom is 0.251 e. The van der Waals surface area contributed by atoms with Gasteiger partial charge in [0.15, 0.2) is 0 Å². The van der Waals surface area contributed by atoms with Crippen molar-refractivity contribution < 1.29 is 4.79 Å². The Balaban J connectivity index is 1.52. The number of benzene rings is 1. The molecule has 134 valence electrons. The Hall–Kier alpha value is -2.14. The fourth-order valence-electron chi connectivity index (χ4n) is 3.61.